The van der Waals surface area contributed by atoms with Crippen molar-refractivity contribution < 1.29 is 4.57 Å². The molecule has 0 aliphatic carbocycles. The standard InChI is InChI=1S/K.Li.HOP/c;;1-2/h;;2H. The van der Waals surface area contributed by atoms with Gasteiger partial charge in [-0.3, -0.25) is 4.57 Å². The number of hydrogen-bond acceptors (Lipinski definition) is 1. The molecule has 0 bridgehead atoms. The molecule has 4 heavy (non-hydrogen) atoms. The molecule has 0 aromatic heterocycles. The summed E-state index contributed by atoms with van der Waals surface area (Å²) in [7, 11) is 1.72. The summed E-state index contributed by atoms with van der Waals surface area (Å²) in [4.78, 5) is 0. The van der Waals surface area contributed by atoms with E-state index in [1.165, 1.54) is 0 Å². The van der Waals surface area contributed by atoms with Gasteiger partial charge in [-0.1, -0.05) is 0 Å². The Labute approximate surface area is 82.1 Å². The van der Waals surface area contributed by atoms with Crippen molar-refractivity contribution in [3.05, 3.63) is 0 Å². The second-order valence-corrected chi connectivity index (χ2v) is 0. The predicted octanol–water partition coefficient (Wildman–Crippen LogP) is -0.287. The van der Waals surface area contributed by atoms with E-state index in [9.17, 15) is 0 Å². The van der Waals surface area contributed by atoms with E-state index in [1.54, 1.807) is 9.12 Å². The van der Waals surface area contributed by atoms with Crippen LogP contribution in [0, 0.1) is 0 Å². The Balaban J connectivity index is -0.00000000500. The predicted molar refractivity (Wildman–Crippen MR) is 20.5 cm³/mol. The van der Waals surface area contributed by atoms with Crippen LogP contribution in [0.3, 0.4) is 0 Å². The van der Waals surface area contributed by atoms with Crippen LogP contribution in [-0.2, 0) is 4.57 Å². The van der Waals surface area contributed by atoms with Crippen LogP contribution >= 0.6 is 9.12 Å². The van der Waals surface area contributed by atoms with E-state index in [1.807, 2.05) is 0 Å². The molecule has 0 fully saturated rings. The van der Waals surface area contributed by atoms with Gasteiger partial charge in [0.1, 0.15) is 9.12 Å². The van der Waals surface area contributed by atoms with Gasteiger partial charge in [-0.25, -0.2) is 0 Å². The second kappa shape index (κ2) is 18.4. The average Bonchev–Trinajstić information content (AvgIpc) is 1.00. The molecular weight excluding hydrogens is 93.0 g/mol. The number of hydrogen-bond donors (Lipinski definition) is 0. The first-order valence-electron chi connectivity index (χ1n) is 0.204. The van der Waals surface area contributed by atoms with Gasteiger partial charge in [0.25, 0.3) is 0 Å². The quantitative estimate of drug-likeness (QED) is 0.298. The molecule has 0 aromatic rings. The molecule has 0 unspecified atom stereocenters. The Bertz CT molecular complexity index is 8.00. The van der Waals surface area contributed by atoms with Crippen LogP contribution in [0.2, 0.25) is 0 Å². The summed E-state index contributed by atoms with van der Waals surface area (Å²) in [6.45, 7) is 0. The molecule has 0 aliphatic heterocycles. The van der Waals surface area contributed by atoms with E-state index in [-0.39, 0.29) is 70.2 Å². The molecule has 2 radical (unpaired) electrons. The largest absolute Gasteiger partial charge is 0.279 e. The minimum Gasteiger partial charge on any atom is -0.279 e. The molecule has 0 aromatic carbocycles. The summed E-state index contributed by atoms with van der Waals surface area (Å²) < 4.78 is 8.06. The summed E-state index contributed by atoms with van der Waals surface area (Å²) in [6, 6.07) is 0. The maximum Gasteiger partial charge on any atom is 0.138 e. The van der Waals surface area contributed by atoms with Crippen LogP contribution in [0.25, 0.3) is 0 Å². The zero-order valence-electron chi connectivity index (χ0n) is 2.91. The molecule has 0 heterocycles. The van der Waals surface area contributed by atoms with Crippen LogP contribution < -0.4 is 0 Å². The molecule has 4 heteroatoms. The minimum absolute atomic E-state index is 0. The third kappa shape index (κ3) is 8.84. The van der Waals surface area contributed by atoms with E-state index in [0.29, 0.717) is 0 Å². The molecule has 0 rings (SSSR count). The summed E-state index contributed by atoms with van der Waals surface area (Å²) >= 11 is 0. The smallest absolute Gasteiger partial charge is 0.138 e. The zero-order chi connectivity index (χ0) is 2.00. The van der Waals surface area contributed by atoms with Gasteiger partial charge in [0.2, 0.25) is 0 Å². The van der Waals surface area contributed by atoms with Crippen LogP contribution in [0.5, 0.6) is 0 Å². The Hall–Kier alpha value is 2.33. The third-order valence-corrected chi connectivity index (χ3v) is 0. The van der Waals surface area contributed by atoms with Gasteiger partial charge in [0.15, 0.2) is 0 Å². The summed E-state index contributed by atoms with van der Waals surface area (Å²) in [5.74, 6) is 0. The maximum atomic E-state index is 8.06. The fraction of sp³-hybridized carbons (Fsp3) is 0. The van der Waals surface area contributed by atoms with E-state index < -0.39 is 0 Å². The van der Waals surface area contributed by atoms with Crippen LogP contribution in [0.1, 0.15) is 0 Å². The van der Waals surface area contributed by atoms with Gasteiger partial charge in [-0.05, 0) is 0 Å². The molecule has 0 saturated carbocycles. The van der Waals surface area contributed by atoms with Crippen LogP contribution in [-0.4, -0.2) is 70.2 Å². The van der Waals surface area contributed by atoms with Crippen molar-refractivity contribution in [3.63, 3.8) is 0 Å². The zero-order valence-corrected chi connectivity index (χ0v) is 7.03. The Morgan fingerprint density at radius 2 is 1.25 bits per heavy atom. The SMILES string of the molecule is O=P.[K].[Li]. The summed E-state index contributed by atoms with van der Waals surface area (Å²) in [6.07, 6.45) is 0. The van der Waals surface area contributed by atoms with E-state index >= 15 is 0 Å². The molecule has 0 saturated heterocycles. The van der Waals surface area contributed by atoms with Crippen LogP contribution in [0.4, 0.5) is 0 Å². The van der Waals surface area contributed by atoms with Crippen molar-refractivity contribution in [2.24, 2.45) is 0 Å². The fourth-order valence-electron chi connectivity index (χ4n) is 0. The van der Waals surface area contributed by atoms with Gasteiger partial charge < -0.3 is 0 Å². The van der Waals surface area contributed by atoms with Gasteiger partial charge in [-0.2, -0.15) is 0 Å². The van der Waals surface area contributed by atoms with Crippen molar-refractivity contribution in [2.45, 2.75) is 0 Å². The van der Waals surface area contributed by atoms with E-state index in [0.717, 1.165) is 0 Å². The Morgan fingerprint density at radius 1 is 1.25 bits per heavy atom. The molecule has 14 valence electrons. The molecule has 0 amide bonds. The van der Waals surface area contributed by atoms with Crippen molar-refractivity contribution >= 4 is 79.4 Å². The monoisotopic (exact) mass is 94.0 g/mol. The third-order valence-electron chi connectivity index (χ3n) is 0. The average molecular weight is 94.0 g/mol. The van der Waals surface area contributed by atoms with E-state index in [4.69, 9.17) is 4.57 Å². The first-order chi connectivity index (χ1) is 1.00. The van der Waals surface area contributed by atoms with Crippen molar-refractivity contribution in [1.29, 1.82) is 0 Å². The second-order valence-electron chi connectivity index (χ2n) is 0. The normalized spacial score (nSPS) is 1.00. The summed E-state index contributed by atoms with van der Waals surface area (Å²) in [5, 5.41) is 0. The summed E-state index contributed by atoms with van der Waals surface area (Å²) in [5.41, 5.74) is 0. The van der Waals surface area contributed by atoms with Crippen molar-refractivity contribution in [3.8, 4) is 0 Å². The van der Waals surface area contributed by atoms with Gasteiger partial charge in [-0.15, -0.1) is 0 Å². The molecular formula is HKLiOP. The van der Waals surface area contributed by atoms with E-state index in [2.05, 4.69) is 0 Å². The Kier molecular flexibility index (Phi) is 74.6. The molecule has 1 nitrogen and oxygen atoms in total. The maximum absolute atomic E-state index is 8.06. The van der Waals surface area contributed by atoms with Crippen molar-refractivity contribution in [1.82, 2.24) is 0 Å². The van der Waals surface area contributed by atoms with Gasteiger partial charge in [0, 0.05) is 70.2 Å². The van der Waals surface area contributed by atoms with Crippen LogP contribution in [0.15, 0.2) is 0 Å². The van der Waals surface area contributed by atoms with Gasteiger partial charge >= 0.3 is 0 Å². The van der Waals surface area contributed by atoms with Crippen molar-refractivity contribution in [2.75, 3.05) is 0 Å². The van der Waals surface area contributed by atoms with Gasteiger partial charge in [0.05, 0.1) is 0 Å². The number of rotatable bonds is 0. The molecule has 0 spiro atoms. The molecule has 0 aliphatic rings. The molecule has 0 N–H and O–H groups in total. The molecule has 0 atom stereocenters. The Morgan fingerprint density at radius 3 is 1.25 bits per heavy atom. The fourth-order valence-corrected chi connectivity index (χ4v) is 0. The topological polar surface area (TPSA) is 17.1 Å². The first-order valence-corrected chi connectivity index (χ1v) is 0.612. The minimum atomic E-state index is 0. The first kappa shape index (κ1) is 16.2.